The number of ether oxygens (including phenoxy) is 2. The molecule has 1 fully saturated rings. The summed E-state index contributed by atoms with van der Waals surface area (Å²) in [4.78, 5) is 15.9. The molecule has 1 amide bonds. The van der Waals surface area contributed by atoms with Gasteiger partial charge in [0.15, 0.2) is 18.0 Å². The molecule has 2 aromatic carbocycles. The van der Waals surface area contributed by atoms with Crippen molar-refractivity contribution in [1.29, 1.82) is 0 Å². The largest absolute Gasteiger partial charge is 0.493 e. The standard InChI is InChI=1S/C24H32N2O3/c1-25(17-21-9-10-22(28-2)23(16-21)29-3)24(27)18-26-13-11-20(12-14-26)15-19-7-5-4-6-8-19/h4-10,16,20H,11-15,17-18H2,1-3H3/p+1. The van der Waals surface area contributed by atoms with Crippen LogP contribution in [0.5, 0.6) is 11.5 Å². The van der Waals surface area contributed by atoms with E-state index < -0.39 is 0 Å². The number of nitrogens with one attached hydrogen (secondary N) is 1. The summed E-state index contributed by atoms with van der Waals surface area (Å²) in [7, 11) is 5.13. The van der Waals surface area contributed by atoms with Crippen molar-refractivity contribution in [3.05, 3.63) is 59.7 Å². The van der Waals surface area contributed by atoms with Crippen molar-refractivity contribution in [2.75, 3.05) is 40.9 Å². The van der Waals surface area contributed by atoms with Crippen LogP contribution in [-0.4, -0.2) is 51.7 Å². The molecule has 0 unspecified atom stereocenters. The average molecular weight is 398 g/mol. The van der Waals surface area contributed by atoms with E-state index in [1.807, 2.05) is 30.1 Å². The number of piperidine rings is 1. The third-order valence-electron chi connectivity index (χ3n) is 5.87. The van der Waals surface area contributed by atoms with Crippen LogP contribution < -0.4 is 14.4 Å². The molecule has 29 heavy (non-hydrogen) atoms. The molecular formula is C24H33N2O3+. The topological polar surface area (TPSA) is 43.2 Å². The van der Waals surface area contributed by atoms with Crippen molar-refractivity contribution in [2.45, 2.75) is 25.8 Å². The number of carbonyl (C=O) groups is 1. The first-order valence-corrected chi connectivity index (χ1v) is 10.4. The van der Waals surface area contributed by atoms with Crippen molar-refractivity contribution in [1.82, 2.24) is 4.90 Å². The summed E-state index contributed by atoms with van der Waals surface area (Å²) in [5.74, 6) is 2.32. The molecule has 0 atom stereocenters. The highest BCUT2D eigenvalue weighted by Crippen LogP contribution is 2.27. The summed E-state index contributed by atoms with van der Waals surface area (Å²) in [6.45, 7) is 3.30. The monoisotopic (exact) mass is 397 g/mol. The van der Waals surface area contributed by atoms with Gasteiger partial charge in [0, 0.05) is 13.6 Å². The second-order valence-corrected chi connectivity index (χ2v) is 8.00. The van der Waals surface area contributed by atoms with Gasteiger partial charge in [0.25, 0.3) is 5.91 Å². The van der Waals surface area contributed by atoms with Gasteiger partial charge >= 0.3 is 0 Å². The van der Waals surface area contributed by atoms with E-state index in [0.29, 0.717) is 24.6 Å². The molecule has 5 heteroatoms. The Morgan fingerprint density at radius 3 is 2.34 bits per heavy atom. The Labute approximate surface area is 174 Å². The molecule has 156 valence electrons. The Kier molecular flexibility index (Phi) is 7.53. The van der Waals surface area contributed by atoms with Gasteiger partial charge in [-0.25, -0.2) is 0 Å². The normalized spacial score (nSPS) is 18.9. The molecule has 1 N–H and O–H groups in total. The number of benzene rings is 2. The highest BCUT2D eigenvalue weighted by molar-refractivity contribution is 5.76. The number of amides is 1. The highest BCUT2D eigenvalue weighted by atomic mass is 16.5. The van der Waals surface area contributed by atoms with Crippen molar-refractivity contribution in [3.8, 4) is 11.5 Å². The van der Waals surface area contributed by atoms with E-state index in [1.165, 1.54) is 23.3 Å². The third-order valence-corrected chi connectivity index (χ3v) is 5.87. The number of hydrogen-bond acceptors (Lipinski definition) is 3. The summed E-state index contributed by atoms with van der Waals surface area (Å²) in [5, 5.41) is 0. The molecule has 0 aliphatic carbocycles. The zero-order valence-corrected chi connectivity index (χ0v) is 17.8. The Hall–Kier alpha value is -2.53. The maximum absolute atomic E-state index is 12.7. The SMILES string of the molecule is COc1ccc(CN(C)C(=O)C[NH+]2CCC(Cc3ccccc3)CC2)cc1OC. The van der Waals surface area contributed by atoms with Crippen LogP contribution in [0.15, 0.2) is 48.5 Å². The van der Waals surface area contributed by atoms with E-state index in [-0.39, 0.29) is 5.91 Å². The van der Waals surface area contributed by atoms with Crippen LogP contribution >= 0.6 is 0 Å². The average Bonchev–Trinajstić information content (AvgIpc) is 2.75. The molecule has 1 aliphatic rings. The van der Waals surface area contributed by atoms with E-state index in [2.05, 4.69) is 30.3 Å². The zero-order valence-electron chi connectivity index (χ0n) is 17.8. The number of methoxy groups -OCH3 is 2. The quantitative estimate of drug-likeness (QED) is 0.743. The minimum Gasteiger partial charge on any atom is -0.493 e. The number of likely N-dealkylation sites (tertiary alicyclic amines) is 1. The minimum absolute atomic E-state index is 0.191. The molecule has 1 saturated heterocycles. The van der Waals surface area contributed by atoms with E-state index in [0.717, 1.165) is 31.0 Å². The molecule has 2 aromatic rings. The Morgan fingerprint density at radius 1 is 1.00 bits per heavy atom. The van der Waals surface area contributed by atoms with Gasteiger partial charge in [-0.15, -0.1) is 0 Å². The molecule has 5 nitrogen and oxygen atoms in total. The van der Waals surface area contributed by atoms with E-state index in [1.54, 1.807) is 14.2 Å². The zero-order chi connectivity index (χ0) is 20.6. The predicted molar refractivity (Wildman–Crippen MR) is 114 cm³/mol. The van der Waals surface area contributed by atoms with Crippen molar-refractivity contribution in [3.63, 3.8) is 0 Å². The Balaban J connectivity index is 1.45. The van der Waals surface area contributed by atoms with Crippen molar-refractivity contribution >= 4 is 5.91 Å². The van der Waals surface area contributed by atoms with Gasteiger partial charge in [0.05, 0.1) is 27.3 Å². The first kappa shape index (κ1) is 21.2. The third kappa shape index (κ3) is 5.97. The molecule has 1 aliphatic heterocycles. The molecule has 0 bridgehead atoms. The summed E-state index contributed by atoms with van der Waals surface area (Å²) in [6.07, 6.45) is 3.54. The molecule has 3 rings (SSSR count). The summed E-state index contributed by atoms with van der Waals surface area (Å²) in [5.41, 5.74) is 2.46. The lowest BCUT2D eigenvalue weighted by atomic mass is 9.90. The van der Waals surface area contributed by atoms with Gasteiger partial charge in [0.1, 0.15) is 0 Å². The molecule has 0 saturated carbocycles. The van der Waals surface area contributed by atoms with Crippen LogP contribution in [0.3, 0.4) is 0 Å². The van der Waals surface area contributed by atoms with Crippen LogP contribution in [0.1, 0.15) is 24.0 Å². The highest BCUT2D eigenvalue weighted by Gasteiger charge is 2.25. The maximum Gasteiger partial charge on any atom is 0.277 e. The summed E-state index contributed by atoms with van der Waals surface area (Å²) < 4.78 is 10.6. The smallest absolute Gasteiger partial charge is 0.277 e. The van der Waals surface area contributed by atoms with Gasteiger partial charge < -0.3 is 19.3 Å². The lowest BCUT2D eigenvalue weighted by Gasteiger charge is -2.30. The van der Waals surface area contributed by atoms with Crippen molar-refractivity contribution < 1.29 is 19.2 Å². The lowest BCUT2D eigenvalue weighted by Crippen LogP contribution is -3.14. The summed E-state index contributed by atoms with van der Waals surface area (Å²) >= 11 is 0. The number of rotatable bonds is 8. The maximum atomic E-state index is 12.7. The van der Waals surface area contributed by atoms with E-state index >= 15 is 0 Å². The molecule has 1 heterocycles. The van der Waals surface area contributed by atoms with Gasteiger partial charge in [-0.1, -0.05) is 36.4 Å². The molecule has 0 spiro atoms. The van der Waals surface area contributed by atoms with E-state index in [9.17, 15) is 4.79 Å². The second-order valence-electron chi connectivity index (χ2n) is 8.00. The van der Waals surface area contributed by atoms with Gasteiger partial charge in [-0.05, 0) is 48.4 Å². The van der Waals surface area contributed by atoms with Gasteiger partial charge in [-0.3, -0.25) is 4.79 Å². The number of nitrogens with zero attached hydrogens (tertiary/aromatic N) is 1. The minimum atomic E-state index is 0.191. The Bertz CT molecular complexity index is 786. The lowest BCUT2D eigenvalue weighted by molar-refractivity contribution is -0.898. The van der Waals surface area contributed by atoms with Crippen LogP contribution in [0, 0.1) is 5.92 Å². The molecule has 0 aromatic heterocycles. The fraction of sp³-hybridized carbons (Fsp3) is 0.458. The van der Waals surface area contributed by atoms with Gasteiger partial charge in [0.2, 0.25) is 0 Å². The first-order valence-electron chi connectivity index (χ1n) is 10.4. The molecular weight excluding hydrogens is 364 g/mol. The van der Waals surface area contributed by atoms with Gasteiger partial charge in [-0.2, -0.15) is 0 Å². The Morgan fingerprint density at radius 2 is 1.69 bits per heavy atom. The van der Waals surface area contributed by atoms with Crippen LogP contribution in [0.2, 0.25) is 0 Å². The fourth-order valence-electron chi connectivity index (χ4n) is 4.10. The number of quaternary nitrogens is 1. The van der Waals surface area contributed by atoms with Crippen molar-refractivity contribution in [2.24, 2.45) is 5.92 Å². The second kappa shape index (κ2) is 10.3. The van der Waals surface area contributed by atoms with Crippen LogP contribution in [-0.2, 0) is 17.8 Å². The number of carbonyl (C=O) groups excluding carboxylic acids is 1. The number of hydrogen-bond donors (Lipinski definition) is 1. The predicted octanol–water partition coefficient (Wildman–Crippen LogP) is 2.20. The summed E-state index contributed by atoms with van der Waals surface area (Å²) in [6, 6.07) is 16.5. The number of likely N-dealkylation sites (N-methyl/N-ethyl adjacent to an activating group) is 1. The first-order chi connectivity index (χ1) is 14.1. The molecule has 0 radical (unpaired) electrons. The van der Waals surface area contributed by atoms with Crippen LogP contribution in [0.4, 0.5) is 0 Å². The fourth-order valence-corrected chi connectivity index (χ4v) is 4.10. The van der Waals surface area contributed by atoms with E-state index in [4.69, 9.17) is 9.47 Å². The van der Waals surface area contributed by atoms with Crippen LogP contribution in [0.25, 0.3) is 0 Å².